The lowest BCUT2D eigenvalue weighted by atomic mass is 10.1. The predicted octanol–water partition coefficient (Wildman–Crippen LogP) is 3.42. The molecule has 1 N–H and O–H groups in total. The molecule has 1 atom stereocenters. The van der Waals surface area contributed by atoms with E-state index in [1.165, 1.54) is 5.56 Å². The van der Waals surface area contributed by atoms with E-state index < -0.39 is 0 Å². The molecule has 1 saturated heterocycles. The standard InChI is InChI=1S/C14H19ClINO2/c1-2-6-18-13-4-3-11(8-12(13)15)9-14(16)10-17-5-7-19-14/h3-4,8,17H,2,5-7,9-10H2,1H3. The summed E-state index contributed by atoms with van der Waals surface area (Å²) in [6.45, 7) is 5.32. The van der Waals surface area contributed by atoms with Gasteiger partial charge in [0.05, 0.1) is 18.2 Å². The highest BCUT2D eigenvalue weighted by molar-refractivity contribution is 14.1. The number of halogens is 2. The van der Waals surface area contributed by atoms with Crippen LogP contribution >= 0.6 is 34.2 Å². The molecule has 0 saturated carbocycles. The van der Waals surface area contributed by atoms with Gasteiger partial charge in [0.25, 0.3) is 0 Å². The van der Waals surface area contributed by atoms with Crippen molar-refractivity contribution in [3.8, 4) is 5.75 Å². The van der Waals surface area contributed by atoms with Crippen LogP contribution in [0.2, 0.25) is 5.02 Å². The molecule has 1 fully saturated rings. The Labute approximate surface area is 133 Å². The van der Waals surface area contributed by atoms with E-state index in [0.29, 0.717) is 11.6 Å². The van der Waals surface area contributed by atoms with Crippen molar-refractivity contribution in [2.45, 2.75) is 23.4 Å². The molecule has 3 nitrogen and oxygen atoms in total. The number of hydrogen-bond acceptors (Lipinski definition) is 3. The smallest absolute Gasteiger partial charge is 0.137 e. The number of nitrogens with one attached hydrogen (secondary N) is 1. The van der Waals surface area contributed by atoms with Crippen LogP contribution in [0.3, 0.4) is 0 Å². The average molecular weight is 396 g/mol. The Bertz CT molecular complexity index is 422. The number of rotatable bonds is 5. The number of benzene rings is 1. The lowest BCUT2D eigenvalue weighted by Gasteiger charge is -2.32. The Morgan fingerprint density at radius 1 is 1.53 bits per heavy atom. The second-order valence-corrected chi connectivity index (χ2v) is 7.07. The first kappa shape index (κ1) is 15.4. The van der Waals surface area contributed by atoms with Gasteiger partial charge in [-0.3, -0.25) is 0 Å². The molecule has 106 valence electrons. The highest BCUT2D eigenvalue weighted by atomic mass is 127. The van der Waals surface area contributed by atoms with Gasteiger partial charge in [-0.1, -0.05) is 24.6 Å². The second kappa shape index (κ2) is 7.11. The zero-order chi connectivity index (χ0) is 13.7. The predicted molar refractivity (Wildman–Crippen MR) is 86.5 cm³/mol. The molecule has 1 aromatic carbocycles. The van der Waals surface area contributed by atoms with Gasteiger partial charge in [0.15, 0.2) is 0 Å². The van der Waals surface area contributed by atoms with Gasteiger partial charge in [0.2, 0.25) is 0 Å². The first-order valence-electron chi connectivity index (χ1n) is 6.58. The lowest BCUT2D eigenvalue weighted by molar-refractivity contribution is 0.0159. The highest BCUT2D eigenvalue weighted by Gasteiger charge is 2.30. The van der Waals surface area contributed by atoms with Crippen LogP contribution in [-0.2, 0) is 11.2 Å². The quantitative estimate of drug-likeness (QED) is 0.612. The van der Waals surface area contributed by atoms with Crippen molar-refractivity contribution in [3.05, 3.63) is 28.8 Å². The number of ether oxygens (including phenoxy) is 2. The molecule has 1 unspecified atom stereocenters. The number of hydrogen-bond donors (Lipinski definition) is 1. The van der Waals surface area contributed by atoms with Crippen molar-refractivity contribution in [2.75, 3.05) is 26.3 Å². The Hall–Kier alpha value is -0.0400. The third kappa shape index (κ3) is 4.48. The van der Waals surface area contributed by atoms with Crippen LogP contribution in [0.15, 0.2) is 18.2 Å². The molecule has 1 aliphatic rings. The maximum atomic E-state index is 6.24. The van der Waals surface area contributed by atoms with Crippen molar-refractivity contribution < 1.29 is 9.47 Å². The first-order chi connectivity index (χ1) is 9.13. The third-order valence-corrected chi connectivity index (χ3v) is 4.32. The summed E-state index contributed by atoms with van der Waals surface area (Å²) in [6.07, 6.45) is 1.82. The normalized spacial score (nSPS) is 23.3. The zero-order valence-corrected chi connectivity index (χ0v) is 14.0. The van der Waals surface area contributed by atoms with Crippen LogP contribution in [0.5, 0.6) is 5.75 Å². The summed E-state index contributed by atoms with van der Waals surface area (Å²) in [5.41, 5.74) is 1.17. The molecule has 0 bridgehead atoms. The van der Waals surface area contributed by atoms with Gasteiger partial charge in [-0.15, -0.1) is 0 Å². The van der Waals surface area contributed by atoms with Crippen LogP contribution in [0, 0.1) is 0 Å². The third-order valence-electron chi connectivity index (χ3n) is 2.95. The van der Waals surface area contributed by atoms with E-state index in [9.17, 15) is 0 Å². The molecule has 2 rings (SSSR count). The summed E-state index contributed by atoms with van der Waals surface area (Å²) < 4.78 is 11.3. The molecule has 1 aromatic rings. The minimum atomic E-state index is -0.175. The van der Waals surface area contributed by atoms with E-state index in [2.05, 4.69) is 40.9 Å². The highest BCUT2D eigenvalue weighted by Crippen LogP contribution is 2.31. The second-order valence-electron chi connectivity index (χ2n) is 4.70. The summed E-state index contributed by atoms with van der Waals surface area (Å²) in [4.78, 5) is 0. The lowest BCUT2D eigenvalue weighted by Crippen LogP contribution is -2.46. The molecule has 0 aromatic heterocycles. The molecule has 19 heavy (non-hydrogen) atoms. The topological polar surface area (TPSA) is 30.5 Å². The van der Waals surface area contributed by atoms with Gasteiger partial charge in [-0.05, 0) is 46.7 Å². The van der Waals surface area contributed by atoms with Crippen LogP contribution in [0.1, 0.15) is 18.9 Å². The Kier molecular flexibility index (Phi) is 5.74. The minimum absolute atomic E-state index is 0.175. The van der Waals surface area contributed by atoms with Crippen molar-refractivity contribution in [1.29, 1.82) is 0 Å². The van der Waals surface area contributed by atoms with Crippen LogP contribution in [0.25, 0.3) is 0 Å². The molecule has 5 heteroatoms. The molecular weight excluding hydrogens is 377 g/mol. The van der Waals surface area contributed by atoms with E-state index in [1.54, 1.807) is 0 Å². The molecule has 0 spiro atoms. The number of alkyl halides is 1. The van der Waals surface area contributed by atoms with E-state index in [-0.39, 0.29) is 3.61 Å². The van der Waals surface area contributed by atoms with E-state index >= 15 is 0 Å². The van der Waals surface area contributed by atoms with Crippen LogP contribution in [-0.4, -0.2) is 29.9 Å². The largest absolute Gasteiger partial charge is 0.492 e. The van der Waals surface area contributed by atoms with Crippen LogP contribution < -0.4 is 10.1 Å². The zero-order valence-electron chi connectivity index (χ0n) is 11.0. The SMILES string of the molecule is CCCOc1ccc(CC2(I)CNCCO2)cc1Cl. The maximum Gasteiger partial charge on any atom is 0.137 e. The molecule has 1 heterocycles. The Balaban J connectivity index is 2.02. The fourth-order valence-electron chi connectivity index (χ4n) is 2.03. The summed E-state index contributed by atoms with van der Waals surface area (Å²) in [6, 6.07) is 5.99. The van der Waals surface area contributed by atoms with Gasteiger partial charge < -0.3 is 14.8 Å². The molecule has 0 aliphatic carbocycles. The van der Waals surface area contributed by atoms with Crippen molar-refractivity contribution in [3.63, 3.8) is 0 Å². The fraction of sp³-hybridized carbons (Fsp3) is 0.571. The van der Waals surface area contributed by atoms with Crippen molar-refractivity contribution >= 4 is 34.2 Å². The van der Waals surface area contributed by atoms with Crippen LogP contribution in [0.4, 0.5) is 0 Å². The molecule has 0 radical (unpaired) electrons. The van der Waals surface area contributed by atoms with Gasteiger partial charge in [-0.25, -0.2) is 0 Å². The van der Waals surface area contributed by atoms with E-state index in [4.69, 9.17) is 21.1 Å². The fourth-order valence-corrected chi connectivity index (χ4v) is 3.22. The summed E-state index contributed by atoms with van der Waals surface area (Å²) in [5, 5.41) is 4.03. The Morgan fingerprint density at radius 3 is 3.00 bits per heavy atom. The van der Waals surface area contributed by atoms with E-state index in [1.807, 2.05) is 12.1 Å². The van der Waals surface area contributed by atoms with Gasteiger partial charge in [0, 0.05) is 19.5 Å². The Morgan fingerprint density at radius 2 is 2.37 bits per heavy atom. The van der Waals surface area contributed by atoms with Crippen molar-refractivity contribution in [1.82, 2.24) is 5.32 Å². The molecule has 0 amide bonds. The average Bonchev–Trinajstić information content (AvgIpc) is 2.38. The van der Waals surface area contributed by atoms with Gasteiger partial charge in [-0.2, -0.15) is 0 Å². The summed E-state index contributed by atoms with van der Waals surface area (Å²) in [7, 11) is 0. The minimum Gasteiger partial charge on any atom is -0.492 e. The van der Waals surface area contributed by atoms with Gasteiger partial charge in [0.1, 0.15) is 9.36 Å². The van der Waals surface area contributed by atoms with Gasteiger partial charge >= 0.3 is 0 Å². The number of morpholine rings is 1. The summed E-state index contributed by atoms with van der Waals surface area (Å²) >= 11 is 8.62. The molecule has 1 aliphatic heterocycles. The van der Waals surface area contributed by atoms with E-state index in [0.717, 1.165) is 38.3 Å². The molecular formula is C14H19ClINO2. The van der Waals surface area contributed by atoms with Crippen molar-refractivity contribution in [2.24, 2.45) is 0 Å². The maximum absolute atomic E-state index is 6.24. The first-order valence-corrected chi connectivity index (χ1v) is 8.03. The monoisotopic (exact) mass is 395 g/mol. The summed E-state index contributed by atoms with van der Waals surface area (Å²) in [5.74, 6) is 0.762.